The SMILES string of the molecule is CCCCn1c(N)c(N(CC(C)C)C(=O)c2ccc(NC(=O)c3ccccc3)cc2)c(=O)[nH]c1=O. The lowest BCUT2D eigenvalue weighted by molar-refractivity contribution is 0.0982. The highest BCUT2D eigenvalue weighted by atomic mass is 16.2. The van der Waals surface area contributed by atoms with Crippen molar-refractivity contribution in [1.82, 2.24) is 9.55 Å². The first kappa shape index (κ1) is 25.5. The molecule has 0 unspecified atom stereocenters. The number of hydrogen-bond acceptors (Lipinski definition) is 5. The van der Waals surface area contributed by atoms with E-state index in [9.17, 15) is 19.2 Å². The lowest BCUT2D eigenvalue weighted by Crippen LogP contribution is -2.42. The van der Waals surface area contributed by atoms with Gasteiger partial charge in [0.15, 0.2) is 5.69 Å². The van der Waals surface area contributed by atoms with E-state index >= 15 is 0 Å². The van der Waals surface area contributed by atoms with Crippen molar-refractivity contribution in [2.45, 2.75) is 40.2 Å². The van der Waals surface area contributed by atoms with E-state index in [-0.39, 0.29) is 29.9 Å². The maximum absolute atomic E-state index is 13.5. The van der Waals surface area contributed by atoms with Gasteiger partial charge in [-0.1, -0.05) is 45.4 Å². The molecule has 1 aromatic heterocycles. The highest BCUT2D eigenvalue weighted by Crippen LogP contribution is 2.22. The third-order valence-corrected chi connectivity index (χ3v) is 5.44. The molecule has 184 valence electrons. The van der Waals surface area contributed by atoms with Gasteiger partial charge in [-0.15, -0.1) is 0 Å². The first-order valence-corrected chi connectivity index (χ1v) is 11.6. The minimum absolute atomic E-state index is 0.0261. The normalized spacial score (nSPS) is 10.9. The van der Waals surface area contributed by atoms with Crippen LogP contribution in [0.4, 0.5) is 17.2 Å². The summed E-state index contributed by atoms with van der Waals surface area (Å²) in [4.78, 5) is 54.6. The average molecular weight is 478 g/mol. The number of aromatic nitrogens is 2. The molecular formula is C26H31N5O4. The van der Waals surface area contributed by atoms with Gasteiger partial charge in [0.25, 0.3) is 17.4 Å². The van der Waals surface area contributed by atoms with Crippen molar-refractivity contribution in [3.63, 3.8) is 0 Å². The summed E-state index contributed by atoms with van der Waals surface area (Å²) in [6.07, 6.45) is 1.53. The summed E-state index contributed by atoms with van der Waals surface area (Å²) < 4.78 is 1.29. The molecule has 0 radical (unpaired) electrons. The Morgan fingerprint density at radius 3 is 2.29 bits per heavy atom. The van der Waals surface area contributed by atoms with Gasteiger partial charge in [-0.2, -0.15) is 0 Å². The summed E-state index contributed by atoms with van der Waals surface area (Å²) >= 11 is 0. The van der Waals surface area contributed by atoms with E-state index in [4.69, 9.17) is 5.73 Å². The van der Waals surface area contributed by atoms with Crippen LogP contribution < -0.4 is 27.2 Å². The summed E-state index contributed by atoms with van der Waals surface area (Å²) in [5.74, 6) is -0.705. The molecule has 0 aliphatic heterocycles. The molecule has 9 heteroatoms. The van der Waals surface area contributed by atoms with Crippen molar-refractivity contribution in [3.8, 4) is 0 Å². The maximum atomic E-state index is 13.5. The molecule has 1 heterocycles. The van der Waals surface area contributed by atoms with Crippen LogP contribution in [0.3, 0.4) is 0 Å². The Morgan fingerprint density at radius 1 is 1.03 bits per heavy atom. The number of nitrogens with zero attached hydrogens (tertiary/aromatic N) is 2. The molecule has 0 spiro atoms. The van der Waals surface area contributed by atoms with Gasteiger partial charge in [-0.05, 0) is 48.7 Å². The van der Waals surface area contributed by atoms with Crippen molar-refractivity contribution in [1.29, 1.82) is 0 Å². The second-order valence-electron chi connectivity index (χ2n) is 8.71. The molecule has 0 atom stereocenters. The zero-order valence-electron chi connectivity index (χ0n) is 20.2. The Balaban J connectivity index is 1.92. The molecule has 9 nitrogen and oxygen atoms in total. The summed E-state index contributed by atoms with van der Waals surface area (Å²) in [5.41, 5.74) is 6.26. The molecule has 3 rings (SSSR count). The topological polar surface area (TPSA) is 130 Å². The van der Waals surface area contributed by atoms with Crippen LogP contribution in [0, 0.1) is 5.92 Å². The van der Waals surface area contributed by atoms with Gasteiger partial charge >= 0.3 is 5.69 Å². The number of H-pyrrole nitrogens is 1. The Kier molecular flexibility index (Phi) is 8.25. The number of carbonyl (C=O) groups excluding carboxylic acids is 2. The monoisotopic (exact) mass is 477 g/mol. The number of anilines is 3. The number of carbonyl (C=O) groups is 2. The smallest absolute Gasteiger partial charge is 0.330 e. The van der Waals surface area contributed by atoms with Crippen molar-refractivity contribution in [3.05, 3.63) is 86.6 Å². The van der Waals surface area contributed by atoms with E-state index in [0.29, 0.717) is 29.8 Å². The summed E-state index contributed by atoms with van der Waals surface area (Å²) in [7, 11) is 0. The van der Waals surface area contributed by atoms with Crippen LogP contribution in [0.5, 0.6) is 0 Å². The maximum Gasteiger partial charge on any atom is 0.330 e. The third-order valence-electron chi connectivity index (χ3n) is 5.44. The highest BCUT2D eigenvalue weighted by Gasteiger charge is 2.26. The van der Waals surface area contributed by atoms with Crippen LogP contribution >= 0.6 is 0 Å². The van der Waals surface area contributed by atoms with Crippen molar-refractivity contribution < 1.29 is 9.59 Å². The van der Waals surface area contributed by atoms with E-state index in [2.05, 4.69) is 10.3 Å². The zero-order chi connectivity index (χ0) is 25.5. The van der Waals surface area contributed by atoms with E-state index in [1.165, 1.54) is 9.47 Å². The minimum Gasteiger partial charge on any atom is -0.383 e. The molecule has 0 aliphatic rings. The fraction of sp³-hybridized carbons (Fsp3) is 0.308. The highest BCUT2D eigenvalue weighted by molar-refractivity contribution is 6.08. The molecule has 4 N–H and O–H groups in total. The molecule has 0 bridgehead atoms. The number of nitrogens with two attached hydrogens (primary N) is 1. The quantitative estimate of drug-likeness (QED) is 0.434. The largest absolute Gasteiger partial charge is 0.383 e. The molecule has 2 aromatic carbocycles. The summed E-state index contributed by atoms with van der Waals surface area (Å²) in [6.45, 7) is 6.38. The van der Waals surface area contributed by atoms with E-state index in [0.717, 1.165) is 6.42 Å². The number of nitrogen functional groups attached to an aromatic ring is 1. The molecule has 3 aromatic rings. The molecule has 0 fully saturated rings. The Hall–Kier alpha value is -4.14. The number of unbranched alkanes of at least 4 members (excludes halogenated alkanes) is 1. The Labute approximate surface area is 203 Å². The van der Waals surface area contributed by atoms with Crippen molar-refractivity contribution in [2.75, 3.05) is 22.5 Å². The molecular weight excluding hydrogens is 446 g/mol. The fourth-order valence-electron chi connectivity index (χ4n) is 3.66. The van der Waals surface area contributed by atoms with Crippen LogP contribution in [-0.2, 0) is 6.54 Å². The molecule has 35 heavy (non-hydrogen) atoms. The second kappa shape index (κ2) is 11.3. The van der Waals surface area contributed by atoms with Gasteiger partial charge in [0.1, 0.15) is 5.82 Å². The predicted octanol–water partition coefficient (Wildman–Crippen LogP) is 3.47. The van der Waals surface area contributed by atoms with Gasteiger partial charge in [0, 0.05) is 29.9 Å². The average Bonchev–Trinajstić information content (AvgIpc) is 2.83. The first-order valence-electron chi connectivity index (χ1n) is 11.6. The molecule has 2 amide bonds. The van der Waals surface area contributed by atoms with Crippen LogP contribution in [0.1, 0.15) is 54.3 Å². The van der Waals surface area contributed by atoms with Gasteiger partial charge in [-0.3, -0.25) is 23.9 Å². The first-order chi connectivity index (χ1) is 16.7. The molecule has 0 saturated carbocycles. The molecule has 0 saturated heterocycles. The number of rotatable bonds is 9. The second-order valence-corrected chi connectivity index (χ2v) is 8.71. The Morgan fingerprint density at radius 2 is 1.69 bits per heavy atom. The number of benzene rings is 2. The lowest BCUT2D eigenvalue weighted by Gasteiger charge is -2.26. The van der Waals surface area contributed by atoms with E-state index in [1.54, 1.807) is 48.5 Å². The minimum atomic E-state index is -0.707. The van der Waals surface area contributed by atoms with E-state index < -0.39 is 17.2 Å². The van der Waals surface area contributed by atoms with Crippen LogP contribution in [0.25, 0.3) is 0 Å². The van der Waals surface area contributed by atoms with E-state index in [1.807, 2.05) is 26.8 Å². The molecule has 0 aliphatic carbocycles. The van der Waals surface area contributed by atoms with Crippen molar-refractivity contribution in [2.24, 2.45) is 5.92 Å². The van der Waals surface area contributed by atoms with Gasteiger partial charge < -0.3 is 16.0 Å². The Bertz CT molecular complexity index is 1290. The van der Waals surface area contributed by atoms with Crippen LogP contribution in [0.2, 0.25) is 0 Å². The number of aromatic amines is 1. The van der Waals surface area contributed by atoms with Crippen molar-refractivity contribution >= 4 is 29.0 Å². The number of nitrogens with one attached hydrogen (secondary N) is 2. The standard InChI is InChI=1S/C26H31N5O4/c1-4-5-15-30-22(27)21(24(33)29-26(30)35)31(16-17(2)3)25(34)19-11-13-20(14-12-19)28-23(32)18-9-7-6-8-10-18/h6-14,17H,4-5,15-16,27H2,1-3H3,(H,28,32)(H,29,33,35). The van der Waals surface area contributed by atoms with Crippen LogP contribution in [0.15, 0.2) is 64.2 Å². The lowest BCUT2D eigenvalue weighted by atomic mass is 10.1. The van der Waals surface area contributed by atoms with Gasteiger partial charge in [0.05, 0.1) is 0 Å². The summed E-state index contributed by atoms with van der Waals surface area (Å²) in [5, 5.41) is 2.79. The van der Waals surface area contributed by atoms with Gasteiger partial charge in [0.2, 0.25) is 0 Å². The zero-order valence-corrected chi connectivity index (χ0v) is 20.2. The number of hydrogen-bond donors (Lipinski definition) is 3. The van der Waals surface area contributed by atoms with Gasteiger partial charge in [-0.25, -0.2) is 4.79 Å². The predicted molar refractivity (Wildman–Crippen MR) is 138 cm³/mol. The number of amides is 2. The van der Waals surface area contributed by atoms with Crippen LogP contribution in [-0.4, -0.2) is 27.9 Å². The third kappa shape index (κ3) is 6.06. The summed E-state index contributed by atoms with van der Waals surface area (Å²) in [6, 6.07) is 15.2. The fourth-order valence-corrected chi connectivity index (χ4v) is 3.66.